The van der Waals surface area contributed by atoms with E-state index >= 15 is 0 Å². The summed E-state index contributed by atoms with van der Waals surface area (Å²) < 4.78 is 0. The molecular weight excluding hydrogens is 158 g/mol. The largest absolute Gasteiger partial charge is 0.347 e. The monoisotopic (exact) mass is 173 g/mol. The summed E-state index contributed by atoms with van der Waals surface area (Å²) >= 11 is 0. The topological polar surface area (TPSA) is 75.4 Å². The van der Waals surface area contributed by atoms with Crippen LogP contribution in [0.25, 0.3) is 0 Å². The van der Waals surface area contributed by atoms with Crippen LogP contribution in [0.2, 0.25) is 0 Å². The maximum Gasteiger partial charge on any atom is 0.241 e. The first-order valence-corrected chi connectivity index (χ1v) is 3.75. The summed E-state index contributed by atoms with van der Waals surface area (Å²) in [5.74, 6) is -0.312. The van der Waals surface area contributed by atoms with E-state index in [4.69, 9.17) is 5.73 Å². The van der Waals surface area contributed by atoms with E-state index in [-0.39, 0.29) is 24.8 Å². The van der Waals surface area contributed by atoms with Crippen LogP contribution in [0.5, 0.6) is 0 Å². The van der Waals surface area contributed by atoms with Gasteiger partial charge in [0, 0.05) is 27.1 Å². The van der Waals surface area contributed by atoms with Crippen LogP contribution in [0.1, 0.15) is 6.42 Å². The molecule has 0 fully saturated rings. The molecule has 5 nitrogen and oxygen atoms in total. The summed E-state index contributed by atoms with van der Waals surface area (Å²) in [4.78, 5) is 23.2. The molecule has 0 aliphatic heterocycles. The number of likely N-dealkylation sites (N-methyl/N-ethyl adjacent to an activating group) is 1. The molecule has 0 unspecified atom stereocenters. The Kier molecular flexibility index (Phi) is 5.03. The molecule has 0 radical (unpaired) electrons. The molecule has 0 aliphatic rings. The van der Waals surface area contributed by atoms with E-state index in [1.54, 1.807) is 14.1 Å². The van der Waals surface area contributed by atoms with Crippen LogP contribution >= 0.6 is 0 Å². The van der Waals surface area contributed by atoms with Crippen molar-refractivity contribution in [1.82, 2.24) is 10.2 Å². The van der Waals surface area contributed by atoms with E-state index in [9.17, 15) is 9.59 Å². The Balaban J connectivity index is 3.54. The normalized spacial score (nSPS) is 9.25. The summed E-state index contributed by atoms with van der Waals surface area (Å²) in [7, 11) is 3.27. The van der Waals surface area contributed by atoms with Crippen molar-refractivity contribution in [3.8, 4) is 0 Å². The number of nitrogens with one attached hydrogen (secondary N) is 1. The molecule has 12 heavy (non-hydrogen) atoms. The van der Waals surface area contributed by atoms with Gasteiger partial charge in [-0.15, -0.1) is 0 Å². The highest BCUT2D eigenvalue weighted by Crippen LogP contribution is 1.78. The highest BCUT2D eigenvalue weighted by molar-refractivity contribution is 5.84. The maximum absolute atomic E-state index is 10.9. The second kappa shape index (κ2) is 5.54. The predicted molar refractivity (Wildman–Crippen MR) is 45.4 cm³/mol. The molecule has 0 saturated heterocycles. The van der Waals surface area contributed by atoms with Gasteiger partial charge in [0.2, 0.25) is 11.8 Å². The van der Waals surface area contributed by atoms with Crippen molar-refractivity contribution in [3.05, 3.63) is 0 Å². The van der Waals surface area contributed by atoms with Crippen LogP contribution in [-0.2, 0) is 9.59 Å². The SMILES string of the molecule is CN(C)C(=O)CNC(=O)CCN. The Morgan fingerprint density at radius 1 is 1.42 bits per heavy atom. The minimum Gasteiger partial charge on any atom is -0.347 e. The molecule has 0 bridgehead atoms. The maximum atomic E-state index is 10.9. The summed E-state index contributed by atoms with van der Waals surface area (Å²) in [5.41, 5.74) is 5.14. The van der Waals surface area contributed by atoms with Crippen LogP contribution < -0.4 is 11.1 Å². The first-order valence-electron chi connectivity index (χ1n) is 3.75. The first-order chi connectivity index (χ1) is 5.57. The van der Waals surface area contributed by atoms with E-state index in [0.29, 0.717) is 6.54 Å². The number of hydrogen-bond acceptors (Lipinski definition) is 3. The van der Waals surface area contributed by atoms with Gasteiger partial charge in [-0.3, -0.25) is 9.59 Å². The zero-order chi connectivity index (χ0) is 9.56. The standard InChI is InChI=1S/C7H15N3O2/c1-10(2)7(12)5-9-6(11)3-4-8/h3-5,8H2,1-2H3,(H,9,11). The Bertz CT molecular complexity index is 168. The predicted octanol–water partition coefficient (Wildman–Crippen LogP) is -1.46. The van der Waals surface area contributed by atoms with E-state index in [0.717, 1.165) is 0 Å². The Labute approximate surface area is 71.9 Å². The summed E-state index contributed by atoms with van der Waals surface area (Å²) in [5, 5.41) is 2.45. The molecule has 0 aliphatic carbocycles. The third-order valence-corrected chi connectivity index (χ3v) is 1.31. The average Bonchev–Trinajstić information content (AvgIpc) is 2.00. The van der Waals surface area contributed by atoms with Crippen LogP contribution in [-0.4, -0.2) is 43.9 Å². The number of hydrogen-bond donors (Lipinski definition) is 2. The van der Waals surface area contributed by atoms with Crippen molar-refractivity contribution in [2.45, 2.75) is 6.42 Å². The number of carbonyl (C=O) groups is 2. The lowest BCUT2D eigenvalue weighted by Crippen LogP contribution is -2.36. The summed E-state index contributed by atoms with van der Waals surface area (Å²) in [6, 6.07) is 0. The lowest BCUT2D eigenvalue weighted by atomic mass is 10.4. The van der Waals surface area contributed by atoms with E-state index in [1.165, 1.54) is 4.90 Å². The lowest BCUT2D eigenvalue weighted by Gasteiger charge is -2.10. The average molecular weight is 173 g/mol. The van der Waals surface area contributed by atoms with Gasteiger partial charge in [0.25, 0.3) is 0 Å². The molecule has 0 rings (SSSR count). The van der Waals surface area contributed by atoms with Gasteiger partial charge in [-0.25, -0.2) is 0 Å². The Morgan fingerprint density at radius 3 is 2.42 bits per heavy atom. The van der Waals surface area contributed by atoms with Gasteiger partial charge in [-0.05, 0) is 0 Å². The molecule has 0 atom stereocenters. The molecule has 5 heteroatoms. The van der Waals surface area contributed by atoms with Crippen molar-refractivity contribution in [2.24, 2.45) is 5.73 Å². The van der Waals surface area contributed by atoms with Gasteiger partial charge < -0.3 is 16.0 Å². The molecule has 0 aromatic rings. The molecule has 0 spiro atoms. The van der Waals surface area contributed by atoms with Crippen LogP contribution in [0.3, 0.4) is 0 Å². The van der Waals surface area contributed by atoms with Gasteiger partial charge in [0.05, 0.1) is 6.54 Å². The Morgan fingerprint density at radius 2 is 2.00 bits per heavy atom. The van der Waals surface area contributed by atoms with Crippen molar-refractivity contribution >= 4 is 11.8 Å². The van der Waals surface area contributed by atoms with Gasteiger partial charge >= 0.3 is 0 Å². The number of nitrogens with zero attached hydrogens (tertiary/aromatic N) is 1. The third kappa shape index (κ3) is 4.68. The zero-order valence-electron chi connectivity index (χ0n) is 7.46. The van der Waals surface area contributed by atoms with Crippen LogP contribution in [0.4, 0.5) is 0 Å². The molecular formula is C7H15N3O2. The number of amides is 2. The number of rotatable bonds is 4. The smallest absolute Gasteiger partial charge is 0.241 e. The fraction of sp³-hybridized carbons (Fsp3) is 0.714. The second-order valence-electron chi connectivity index (χ2n) is 2.60. The second-order valence-corrected chi connectivity index (χ2v) is 2.60. The highest BCUT2D eigenvalue weighted by atomic mass is 16.2. The van der Waals surface area contributed by atoms with Crippen molar-refractivity contribution in [2.75, 3.05) is 27.2 Å². The zero-order valence-corrected chi connectivity index (χ0v) is 7.46. The Hall–Kier alpha value is -1.10. The van der Waals surface area contributed by atoms with Gasteiger partial charge in [0.1, 0.15) is 0 Å². The fourth-order valence-corrected chi connectivity index (χ4v) is 0.552. The highest BCUT2D eigenvalue weighted by Gasteiger charge is 2.05. The number of carbonyl (C=O) groups excluding carboxylic acids is 2. The third-order valence-electron chi connectivity index (χ3n) is 1.31. The molecule has 0 heterocycles. The number of nitrogens with two attached hydrogens (primary N) is 1. The van der Waals surface area contributed by atoms with Crippen molar-refractivity contribution < 1.29 is 9.59 Å². The molecule has 2 amide bonds. The minimum absolute atomic E-state index is 0.0475. The van der Waals surface area contributed by atoms with E-state index in [1.807, 2.05) is 0 Å². The van der Waals surface area contributed by atoms with Gasteiger partial charge in [-0.1, -0.05) is 0 Å². The van der Waals surface area contributed by atoms with E-state index < -0.39 is 0 Å². The fourth-order valence-electron chi connectivity index (χ4n) is 0.552. The van der Waals surface area contributed by atoms with Crippen molar-refractivity contribution in [3.63, 3.8) is 0 Å². The van der Waals surface area contributed by atoms with Gasteiger partial charge in [0.15, 0.2) is 0 Å². The lowest BCUT2D eigenvalue weighted by molar-refractivity contribution is -0.130. The molecule has 0 aromatic heterocycles. The summed E-state index contributed by atoms with van der Waals surface area (Å²) in [6.45, 7) is 0.355. The molecule has 3 N–H and O–H groups in total. The minimum atomic E-state index is -0.187. The molecule has 0 saturated carbocycles. The quantitative estimate of drug-likeness (QED) is 0.545. The summed E-state index contributed by atoms with van der Waals surface area (Å²) in [6.07, 6.45) is 0.265. The van der Waals surface area contributed by atoms with E-state index in [2.05, 4.69) is 5.32 Å². The van der Waals surface area contributed by atoms with Crippen LogP contribution in [0, 0.1) is 0 Å². The van der Waals surface area contributed by atoms with Crippen molar-refractivity contribution in [1.29, 1.82) is 0 Å². The van der Waals surface area contributed by atoms with Crippen LogP contribution in [0.15, 0.2) is 0 Å². The molecule has 70 valence electrons. The molecule has 0 aromatic carbocycles. The van der Waals surface area contributed by atoms with Gasteiger partial charge in [-0.2, -0.15) is 0 Å². The first kappa shape index (κ1) is 10.9.